The van der Waals surface area contributed by atoms with Crippen molar-refractivity contribution in [2.75, 3.05) is 14.1 Å². The van der Waals surface area contributed by atoms with E-state index in [4.69, 9.17) is 14.2 Å². The molecule has 132 valence electrons. The molecule has 24 heavy (non-hydrogen) atoms. The van der Waals surface area contributed by atoms with Crippen LogP contribution in [0.1, 0.15) is 20.3 Å². The molecule has 0 aromatic rings. The van der Waals surface area contributed by atoms with Crippen LogP contribution in [-0.2, 0) is 23.8 Å². The second kappa shape index (κ2) is 5.03. The quantitative estimate of drug-likeness (QED) is 0.526. The van der Waals surface area contributed by atoms with E-state index < -0.39 is 35.9 Å². The molecule has 0 spiro atoms. The first-order valence-corrected chi connectivity index (χ1v) is 8.38. The zero-order valence-corrected chi connectivity index (χ0v) is 14.3. The van der Waals surface area contributed by atoms with Gasteiger partial charge in [-0.25, -0.2) is 4.79 Å². The molecular weight excluding hydrogens is 314 g/mol. The lowest BCUT2D eigenvalue weighted by Gasteiger charge is -2.29. The van der Waals surface area contributed by atoms with Gasteiger partial charge in [0.1, 0.15) is 24.4 Å². The van der Waals surface area contributed by atoms with Gasteiger partial charge in [0.25, 0.3) is 0 Å². The van der Waals surface area contributed by atoms with Crippen LogP contribution in [-0.4, -0.2) is 72.1 Å². The van der Waals surface area contributed by atoms with Crippen molar-refractivity contribution in [3.05, 3.63) is 11.6 Å². The maximum Gasteiger partial charge on any atom is 0.336 e. The highest BCUT2D eigenvalue weighted by atomic mass is 16.6. The van der Waals surface area contributed by atoms with E-state index in [9.17, 15) is 14.7 Å². The third-order valence-electron chi connectivity index (χ3n) is 5.90. The topological polar surface area (TPSA) is 88.6 Å². The van der Waals surface area contributed by atoms with Crippen molar-refractivity contribution in [2.45, 2.75) is 56.3 Å². The average molecular weight is 337 g/mol. The number of rotatable bonds is 1. The zero-order chi connectivity index (χ0) is 17.4. The Bertz CT molecular complexity index is 631. The molecule has 0 radical (unpaired) electrons. The molecule has 0 saturated carbocycles. The van der Waals surface area contributed by atoms with E-state index in [2.05, 4.69) is 0 Å². The monoisotopic (exact) mass is 337 g/mol. The summed E-state index contributed by atoms with van der Waals surface area (Å²) in [4.78, 5) is 26.3. The van der Waals surface area contributed by atoms with Gasteiger partial charge in [-0.05, 0) is 27.1 Å². The lowest BCUT2D eigenvalue weighted by molar-refractivity contribution is -0.144. The minimum atomic E-state index is -0.853. The number of carbonyl (C=O) groups is 2. The first kappa shape index (κ1) is 16.1. The summed E-state index contributed by atoms with van der Waals surface area (Å²) < 4.78 is 16.9. The molecule has 4 rings (SSSR count). The smallest absolute Gasteiger partial charge is 0.336 e. The summed E-state index contributed by atoms with van der Waals surface area (Å²) in [6, 6.07) is -0.501. The number of hydrogen-bond acceptors (Lipinski definition) is 7. The number of likely N-dealkylation sites (N-methyl/N-ethyl adjacent to an activating group) is 1. The Morgan fingerprint density at radius 3 is 2.67 bits per heavy atom. The molecule has 1 unspecified atom stereocenters. The van der Waals surface area contributed by atoms with E-state index in [1.165, 1.54) is 0 Å². The molecule has 3 aliphatic heterocycles. The molecule has 2 saturated heterocycles. The fraction of sp³-hybridized carbons (Fsp3) is 0.765. The van der Waals surface area contributed by atoms with E-state index in [0.717, 1.165) is 0 Å². The molecule has 7 heteroatoms. The molecule has 0 aromatic carbocycles. The van der Waals surface area contributed by atoms with Crippen molar-refractivity contribution in [3.63, 3.8) is 0 Å². The van der Waals surface area contributed by atoms with Gasteiger partial charge in [0.05, 0.1) is 23.1 Å². The minimum absolute atomic E-state index is 0.223. The summed E-state index contributed by atoms with van der Waals surface area (Å²) in [5, 5.41) is 10.8. The van der Waals surface area contributed by atoms with Gasteiger partial charge in [0.2, 0.25) is 0 Å². The van der Waals surface area contributed by atoms with Gasteiger partial charge < -0.3 is 19.3 Å². The molecule has 2 fully saturated rings. The summed E-state index contributed by atoms with van der Waals surface area (Å²) in [6.45, 7) is 3.73. The number of ether oxygens (including phenoxy) is 3. The predicted octanol–water partition coefficient (Wildman–Crippen LogP) is -0.132. The van der Waals surface area contributed by atoms with Crippen molar-refractivity contribution in [1.82, 2.24) is 4.90 Å². The lowest BCUT2D eigenvalue weighted by atomic mass is 9.80. The van der Waals surface area contributed by atoms with Crippen LogP contribution in [0.15, 0.2) is 11.6 Å². The minimum Gasteiger partial charge on any atom is -0.462 e. The second-order valence-corrected chi connectivity index (χ2v) is 7.79. The summed E-state index contributed by atoms with van der Waals surface area (Å²) in [7, 11) is 3.63. The molecule has 3 heterocycles. The van der Waals surface area contributed by atoms with E-state index >= 15 is 0 Å². The Hall–Kier alpha value is -1.44. The predicted molar refractivity (Wildman–Crippen MR) is 81.9 cm³/mol. The highest BCUT2D eigenvalue weighted by Gasteiger charge is 2.63. The van der Waals surface area contributed by atoms with Gasteiger partial charge in [0.15, 0.2) is 0 Å². The Labute approximate surface area is 140 Å². The zero-order valence-electron chi connectivity index (χ0n) is 14.3. The highest BCUT2D eigenvalue weighted by molar-refractivity contribution is 5.92. The molecule has 1 N–H and O–H groups in total. The highest BCUT2D eigenvalue weighted by Crippen LogP contribution is 2.50. The van der Waals surface area contributed by atoms with Crippen molar-refractivity contribution in [2.24, 2.45) is 11.8 Å². The van der Waals surface area contributed by atoms with Gasteiger partial charge in [0, 0.05) is 12.3 Å². The second-order valence-electron chi connectivity index (χ2n) is 7.79. The van der Waals surface area contributed by atoms with Gasteiger partial charge in [-0.2, -0.15) is 0 Å². The van der Waals surface area contributed by atoms with E-state index in [-0.39, 0.29) is 23.9 Å². The van der Waals surface area contributed by atoms with E-state index in [1.54, 1.807) is 11.0 Å². The van der Waals surface area contributed by atoms with Crippen molar-refractivity contribution < 1.29 is 28.9 Å². The number of nitrogens with zero attached hydrogens (tertiary/aromatic N) is 1. The van der Waals surface area contributed by atoms with E-state index in [1.807, 2.05) is 27.9 Å². The molecule has 7 nitrogen and oxygen atoms in total. The number of esters is 2. The fourth-order valence-electron chi connectivity index (χ4n) is 4.55. The van der Waals surface area contributed by atoms with Gasteiger partial charge in [-0.1, -0.05) is 6.92 Å². The number of epoxide rings is 1. The maximum atomic E-state index is 12.4. The van der Waals surface area contributed by atoms with Crippen molar-refractivity contribution in [1.29, 1.82) is 0 Å². The standard InChI is InChI=1S/C17H23NO6/c1-7-11-9-5-8(16(21)22-9)12(18(3)4)13(19)14-17(2,24-14)6-10(11)23-15(7)20/h5,7,9-14,19H,6H2,1-4H3/t7?,9-,10+,11+,12+,13-,14+,17+/m1/s1. The molecule has 1 aliphatic carbocycles. The first-order valence-electron chi connectivity index (χ1n) is 8.38. The largest absolute Gasteiger partial charge is 0.462 e. The molecule has 4 aliphatic rings. The Morgan fingerprint density at radius 2 is 2.00 bits per heavy atom. The number of hydrogen-bond donors (Lipinski definition) is 1. The average Bonchev–Trinajstić information content (AvgIpc) is 2.89. The number of fused-ring (bicyclic) bond motifs is 4. The number of aliphatic hydroxyl groups excluding tert-OH is 1. The molecular formula is C17H23NO6. The molecule has 0 aromatic heterocycles. The lowest BCUT2D eigenvalue weighted by Crippen LogP contribution is -2.46. The van der Waals surface area contributed by atoms with E-state index in [0.29, 0.717) is 12.0 Å². The third-order valence-corrected chi connectivity index (χ3v) is 5.90. The molecule has 2 bridgehead atoms. The van der Waals surface area contributed by atoms with Crippen LogP contribution in [0.3, 0.4) is 0 Å². The van der Waals surface area contributed by atoms with Crippen LogP contribution in [0.4, 0.5) is 0 Å². The van der Waals surface area contributed by atoms with Gasteiger partial charge in [-0.15, -0.1) is 0 Å². The normalized spacial score (nSPS) is 49.9. The Kier molecular flexibility index (Phi) is 3.37. The maximum absolute atomic E-state index is 12.4. The van der Waals surface area contributed by atoms with Gasteiger partial charge >= 0.3 is 11.9 Å². The van der Waals surface area contributed by atoms with Crippen LogP contribution in [0.25, 0.3) is 0 Å². The Morgan fingerprint density at radius 1 is 1.29 bits per heavy atom. The first-order chi connectivity index (χ1) is 11.2. The van der Waals surface area contributed by atoms with Crippen molar-refractivity contribution >= 4 is 11.9 Å². The van der Waals surface area contributed by atoms with Crippen LogP contribution >= 0.6 is 0 Å². The van der Waals surface area contributed by atoms with Crippen LogP contribution < -0.4 is 0 Å². The van der Waals surface area contributed by atoms with Crippen LogP contribution in [0, 0.1) is 11.8 Å². The van der Waals surface area contributed by atoms with Crippen LogP contribution in [0.2, 0.25) is 0 Å². The SMILES string of the molecule is CC1C(=O)O[C@H]2C[C@]3(C)O[C@H]3[C@H](O)[C@@H](N(C)C)C3=C[C@@H](OC3=O)[C@H]12. The summed E-state index contributed by atoms with van der Waals surface area (Å²) >= 11 is 0. The molecule has 0 amide bonds. The molecule has 8 atom stereocenters. The summed E-state index contributed by atoms with van der Waals surface area (Å²) in [5.41, 5.74) is -0.121. The number of carbonyl (C=O) groups excluding carboxylic acids is 2. The third kappa shape index (κ3) is 2.14. The number of aliphatic hydroxyl groups is 1. The van der Waals surface area contributed by atoms with Crippen molar-refractivity contribution in [3.8, 4) is 0 Å². The van der Waals surface area contributed by atoms with Gasteiger partial charge in [-0.3, -0.25) is 9.69 Å². The summed E-state index contributed by atoms with van der Waals surface area (Å²) in [6.07, 6.45) is 0.121. The Balaban J connectivity index is 1.78. The fourth-order valence-corrected chi connectivity index (χ4v) is 4.55. The summed E-state index contributed by atoms with van der Waals surface area (Å²) in [5.74, 6) is -1.27. The van der Waals surface area contributed by atoms with Crippen LogP contribution in [0.5, 0.6) is 0 Å².